The van der Waals surface area contributed by atoms with E-state index in [1.54, 1.807) is 0 Å². The molecule has 1 aromatic heterocycles. The summed E-state index contributed by atoms with van der Waals surface area (Å²) in [5.74, 6) is 0. The number of hydrogen-bond acceptors (Lipinski definition) is 3. The maximum absolute atomic E-state index is 9.71. The van der Waals surface area contributed by atoms with Crippen LogP contribution in [0, 0.1) is 5.41 Å². The molecule has 0 atom stereocenters. The Hall–Kier alpha value is -8.92. The molecule has 0 bridgehead atoms. The Balaban J connectivity index is 1.02. The molecule has 316 valence electrons. The molecule has 0 radical (unpaired) electrons. The van der Waals surface area contributed by atoms with Crippen LogP contribution in [0.15, 0.2) is 255 Å². The highest BCUT2D eigenvalue weighted by molar-refractivity contribution is 6.36. The zero-order valence-electron chi connectivity index (χ0n) is 36.8. The Morgan fingerprint density at radius 3 is 1.27 bits per heavy atom. The fourth-order valence-corrected chi connectivity index (χ4v) is 9.04. The van der Waals surface area contributed by atoms with Crippen LogP contribution in [0.25, 0.3) is 90.1 Å². The zero-order chi connectivity index (χ0) is 44.9. The SMILES string of the molecule is N=C(/C(=C1\NC(c2ccccc2)=Cc2ccc(-c3ccc(-c4cc(-c5cccc(-c6ccccc6)c5)nc(-c5cccc(-c6ccccc6)c5)c4)cc3)cc21)c1ccccc1)c1ccccc1. The first-order valence-electron chi connectivity index (χ1n) is 22.7. The predicted molar refractivity (Wildman–Crippen MR) is 281 cm³/mol. The molecule has 10 aromatic rings. The lowest BCUT2D eigenvalue weighted by Crippen LogP contribution is -2.20. The Morgan fingerprint density at radius 2 is 0.731 bits per heavy atom. The van der Waals surface area contributed by atoms with Crippen LogP contribution in [-0.2, 0) is 0 Å². The maximum Gasteiger partial charge on any atom is 0.0715 e. The number of nitrogens with zero attached hydrogens (tertiary/aromatic N) is 1. The van der Waals surface area contributed by atoms with Gasteiger partial charge in [-0.3, -0.25) is 5.41 Å². The quantitative estimate of drug-likeness (QED) is 0.135. The normalized spacial score (nSPS) is 12.6. The molecule has 9 aromatic carbocycles. The van der Waals surface area contributed by atoms with Gasteiger partial charge >= 0.3 is 0 Å². The van der Waals surface area contributed by atoms with Crippen LogP contribution in [0.5, 0.6) is 0 Å². The number of hydrogen-bond donors (Lipinski definition) is 2. The largest absolute Gasteiger partial charge is 0.354 e. The molecule has 2 N–H and O–H groups in total. The van der Waals surface area contributed by atoms with Gasteiger partial charge in [-0.25, -0.2) is 4.98 Å². The summed E-state index contributed by atoms with van der Waals surface area (Å²) < 4.78 is 0. The van der Waals surface area contributed by atoms with Crippen molar-refractivity contribution in [3.8, 4) is 67.0 Å². The minimum atomic E-state index is 0.457. The van der Waals surface area contributed by atoms with Crippen molar-refractivity contribution in [2.45, 2.75) is 0 Å². The van der Waals surface area contributed by atoms with Gasteiger partial charge in [0.25, 0.3) is 0 Å². The topological polar surface area (TPSA) is 48.8 Å². The standard InChI is InChI=1S/C64H45N3/c65-63(50-26-14-5-15-27-50)62(49-24-12-4-13-25-49)64-58-40-53(36-37-54(58)41-59(67-64)48-22-10-3-11-23-48)46-32-34-47(35-33-46)57-42-60(55-30-16-28-51(38-55)44-18-6-1-7-19-44)66-61(43-57)56-31-17-29-52(39-56)45-20-8-2-9-21-45/h1-43,65,67H/b64-62-,65-63?. The Labute approximate surface area is 392 Å². The third-order valence-corrected chi connectivity index (χ3v) is 12.5. The monoisotopic (exact) mass is 855 g/mol. The first kappa shape index (κ1) is 40.8. The van der Waals surface area contributed by atoms with Crippen molar-refractivity contribution in [2.75, 3.05) is 0 Å². The molecule has 0 spiro atoms. The molecule has 1 aliphatic heterocycles. The van der Waals surface area contributed by atoms with E-state index in [0.29, 0.717) is 5.71 Å². The number of nitrogens with one attached hydrogen (secondary N) is 2. The van der Waals surface area contributed by atoms with Crippen molar-refractivity contribution >= 4 is 28.8 Å². The summed E-state index contributed by atoms with van der Waals surface area (Å²) in [4.78, 5) is 5.34. The molecular formula is C64H45N3. The number of benzene rings is 9. The van der Waals surface area contributed by atoms with Crippen LogP contribution in [0.1, 0.15) is 27.8 Å². The summed E-state index contributed by atoms with van der Waals surface area (Å²) >= 11 is 0. The van der Waals surface area contributed by atoms with E-state index in [4.69, 9.17) is 4.98 Å². The van der Waals surface area contributed by atoms with E-state index in [0.717, 1.165) is 101 Å². The van der Waals surface area contributed by atoms with Gasteiger partial charge in [-0.15, -0.1) is 0 Å². The zero-order valence-corrected chi connectivity index (χ0v) is 36.8. The van der Waals surface area contributed by atoms with Gasteiger partial charge in [0.2, 0.25) is 0 Å². The van der Waals surface area contributed by atoms with Gasteiger partial charge in [-0.2, -0.15) is 0 Å². The van der Waals surface area contributed by atoms with Crippen molar-refractivity contribution in [3.63, 3.8) is 0 Å². The number of rotatable bonds is 10. The lowest BCUT2D eigenvalue weighted by atomic mass is 9.86. The molecular weight excluding hydrogens is 811 g/mol. The van der Waals surface area contributed by atoms with Crippen molar-refractivity contribution in [3.05, 3.63) is 283 Å². The lowest BCUT2D eigenvalue weighted by molar-refractivity contribution is 1.22. The summed E-state index contributed by atoms with van der Waals surface area (Å²) in [6.07, 6.45) is 2.22. The van der Waals surface area contributed by atoms with Crippen molar-refractivity contribution in [1.29, 1.82) is 5.41 Å². The van der Waals surface area contributed by atoms with E-state index in [2.05, 4.69) is 212 Å². The number of aromatic nitrogens is 1. The third kappa shape index (κ3) is 8.58. The van der Waals surface area contributed by atoms with E-state index in [1.807, 2.05) is 54.6 Å². The minimum Gasteiger partial charge on any atom is -0.354 e. The van der Waals surface area contributed by atoms with E-state index in [1.165, 1.54) is 11.1 Å². The molecule has 3 nitrogen and oxygen atoms in total. The summed E-state index contributed by atoms with van der Waals surface area (Å²) in [5, 5.41) is 13.6. The molecule has 0 aliphatic carbocycles. The van der Waals surface area contributed by atoms with Crippen molar-refractivity contribution < 1.29 is 0 Å². The molecule has 0 fully saturated rings. The third-order valence-electron chi connectivity index (χ3n) is 12.5. The Kier molecular flexibility index (Phi) is 11.1. The van der Waals surface area contributed by atoms with Gasteiger partial charge < -0.3 is 5.32 Å². The molecule has 2 heterocycles. The van der Waals surface area contributed by atoms with Crippen LogP contribution in [0.2, 0.25) is 0 Å². The van der Waals surface area contributed by atoms with Crippen molar-refractivity contribution in [2.24, 2.45) is 0 Å². The Morgan fingerprint density at radius 1 is 0.328 bits per heavy atom. The summed E-state index contributed by atoms with van der Waals surface area (Å²) in [7, 11) is 0. The molecule has 0 saturated heterocycles. The molecule has 67 heavy (non-hydrogen) atoms. The fourth-order valence-electron chi connectivity index (χ4n) is 9.04. The molecule has 0 amide bonds. The first-order valence-corrected chi connectivity index (χ1v) is 22.7. The number of pyridine rings is 1. The highest BCUT2D eigenvalue weighted by Crippen LogP contribution is 2.39. The van der Waals surface area contributed by atoms with E-state index >= 15 is 0 Å². The second-order valence-electron chi connectivity index (χ2n) is 16.8. The van der Waals surface area contributed by atoms with Gasteiger partial charge in [0, 0.05) is 33.5 Å². The second-order valence-corrected chi connectivity index (χ2v) is 16.8. The van der Waals surface area contributed by atoms with Crippen LogP contribution in [-0.4, -0.2) is 10.7 Å². The van der Waals surface area contributed by atoms with Gasteiger partial charge in [0.15, 0.2) is 0 Å². The summed E-state index contributed by atoms with van der Waals surface area (Å²) in [6.45, 7) is 0. The number of allylic oxidation sites excluding steroid dienone is 1. The van der Waals surface area contributed by atoms with Gasteiger partial charge in [0.1, 0.15) is 0 Å². The highest BCUT2D eigenvalue weighted by Gasteiger charge is 2.24. The summed E-state index contributed by atoms with van der Waals surface area (Å²) in [5.41, 5.74) is 21.2. The molecule has 0 unspecified atom stereocenters. The van der Waals surface area contributed by atoms with Crippen molar-refractivity contribution in [1.82, 2.24) is 10.3 Å². The highest BCUT2D eigenvalue weighted by atomic mass is 14.9. The molecule has 11 rings (SSSR count). The smallest absolute Gasteiger partial charge is 0.0715 e. The van der Waals surface area contributed by atoms with Gasteiger partial charge in [-0.1, -0.05) is 224 Å². The van der Waals surface area contributed by atoms with E-state index in [9.17, 15) is 5.41 Å². The average molecular weight is 856 g/mol. The maximum atomic E-state index is 9.71. The van der Waals surface area contributed by atoms with E-state index in [-0.39, 0.29) is 0 Å². The molecule has 3 heteroatoms. The van der Waals surface area contributed by atoms with Gasteiger partial charge in [0.05, 0.1) is 22.8 Å². The first-order chi connectivity index (χ1) is 33.1. The lowest BCUT2D eigenvalue weighted by Gasteiger charge is -2.27. The second kappa shape index (κ2) is 18.3. The fraction of sp³-hybridized carbons (Fsp3) is 0. The minimum absolute atomic E-state index is 0.457. The molecule has 1 aliphatic rings. The molecule has 0 saturated carbocycles. The van der Waals surface area contributed by atoms with Crippen LogP contribution in [0.3, 0.4) is 0 Å². The number of fused-ring (bicyclic) bond motifs is 1. The van der Waals surface area contributed by atoms with E-state index < -0.39 is 0 Å². The average Bonchev–Trinajstić information content (AvgIpc) is 3.42. The Bertz CT molecular complexity index is 3350. The van der Waals surface area contributed by atoms with Crippen LogP contribution in [0.4, 0.5) is 0 Å². The predicted octanol–water partition coefficient (Wildman–Crippen LogP) is 16.1. The summed E-state index contributed by atoms with van der Waals surface area (Å²) in [6, 6.07) is 89.2. The van der Waals surface area contributed by atoms with Crippen LogP contribution >= 0.6 is 0 Å². The van der Waals surface area contributed by atoms with Gasteiger partial charge in [-0.05, 0) is 97.6 Å². The van der Waals surface area contributed by atoms with Crippen LogP contribution < -0.4 is 5.32 Å².